The third kappa shape index (κ3) is 5.64. The van der Waals surface area contributed by atoms with Gasteiger partial charge in [0.1, 0.15) is 23.6 Å². The summed E-state index contributed by atoms with van der Waals surface area (Å²) < 4.78 is 11.2. The molecule has 8 rings (SSSR count). The fourth-order valence-electron chi connectivity index (χ4n) is 15.6. The molecular weight excluding hydrogens is 711 g/mol. The van der Waals surface area contributed by atoms with E-state index < -0.39 is 69.7 Å². The highest BCUT2D eigenvalue weighted by atomic mass is 16.5. The van der Waals surface area contributed by atoms with E-state index in [9.17, 15) is 35.1 Å². The van der Waals surface area contributed by atoms with Gasteiger partial charge in [-0.05, 0) is 111 Å². The summed E-state index contributed by atoms with van der Waals surface area (Å²) in [6.45, 7) is 8.32. The summed E-state index contributed by atoms with van der Waals surface area (Å²) >= 11 is 0. The molecule has 0 aromatic rings. The van der Waals surface area contributed by atoms with Crippen LogP contribution in [0, 0.1) is 64.1 Å². The number of aliphatic hydroxyl groups is 5. The molecule has 0 spiro atoms. The number of carbonyl (C=O) groups excluding carboxylic acids is 2. The van der Waals surface area contributed by atoms with Gasteiger partial charge >= 0.3 is 5.97 Å². The lowest BCUT2D eigenvalue weighted by atomic mass is 9.34. The molecule has 0 aromatic carbocycles. The summed E-state index contributed by atoms with van der Waals surface area (Å²) in [6.07, 6.45) is 13.8. The molecule has 10 nitrogen and oxygen atoms in total. The van der Waals surface area contributed by atoms with Gasteiger partial charge in [0.15, 0.2) is 0 Å². The molecule has 6 saturated carbocycles. The molecule has 16 atom stereocenters. The number of rotatable bonds is 13. The van der Waals surface area contributed by atoms with Crippen molar-refractivity contribution in [2.24, 2.45) is 64.1 Å². The average Bonchev–Trinajstić information content (AvgIpc) is 3.87. The van der Waals surface area contributed by atoms with E-state index in [0.29, 0.717) is 50.7 Å². The zero-order chi connectivity index (χ0) is 39.8. The van der Waals surface area contributed by atoms with Crippen molar-refractivity contribution in [3.8, 4) is 0 Å². The first-order chi connectivity index (χ1) is 26.8. The third-order valence-electron chi connectivity index (χ3n) is 18.2. The van der Waals surface area contributed by atoms with Gasteiger partial charge in [0, 0.05) is 49.5 Å². The summed E-state index contributed by atoms with van der Waals surface area (Å²) in [5.74, 6) is -2.68. The first-order valence-electron chi connectivity index (χ1n) is 22.6. The molecule has 0 amide bonds. The summed E-state index contributed by atoms with van der Waals surface area (Å²) in [6, 6.07) is 0. The lowest BCUT2D eigenvalue weighted by Gasteiger charge is -2.73. The van der Waals surface area contributed by atoms with E-state index in [-0.39, 0.29) is 36.5 Å². The standard InChI is InChI=1S/C46H71NO9/c1-5-6-7-13-30-23-43(26-48)36-16-17-42(3)38-31(20-32(25-47-18-10-19-55-4)40-33(38)22-37(49)56-40)24-44(42,52)46(36,54)41(51)35-21-29(27(2)28-11-8-9-12-28)14-15-34(39(30)50)45(35,43)53/h20,22,26-31,34-36,38-41,47,50-54H,5-19,21,23-25H2,1-4H3/t27-,29-,30-,31+,34-,35+,36+,38+,39-,40+,41-,42+,43-,44+,45+,46+/m0/s1. The summed E-state index contributed by atoms with van der Waals surface area (Å²) in [7, 11) is 1.68. The smallest absolute Gasteiger partial charge is 0.331 e. The summed E-state index contributed by atoms with van der Waals surface area (Å²) in [4.78, 5) is 27.3. The molecule has 7 aliphatic carbocycles. The van der Waals surface area contributed by atoms with E-state index in [0.717, 1.165) is 75.3 Å². The SMILES string of the molecule is CCCCC[C@H]1C[C@]2(C=O)[C@H]3CC[C@]4(C)[C@H]5C6=CC(=O)O[C@@H]6C(CNCCCOC)=C[C@@H]5C[C@]4(O)[C@]3(O)[C@@H](O)[C@H]3C[C@@H]([C@@H](C)C4CCCC4)CC[C@@H]([C@H]1O)[C@@]32O. The van der Waals surface area contributed by atoms with E-state index in [1.165, 1.54) is 12.8 Å². The van der Waals surface area contributed by atoms with Crippen LogP contribution in [0.1, 0.15) is 124 Å². The topological polar surface area (TPSA) is 166 Å². The number of fused-ring (bicyclic) bond motifs is 8. The molecule has 8 aliphatic rings. The lowest BCUT2D eigenvalue weighted by molar-refractivity contribution is -0.377. The van der Waals surface area contributed by atoms with Crippen molar-refractivity contribution in [2.75, 3.05) is 26.8 Å². The van der Waals surface area contributed by atoms with Crippen LogP contribution < -0.4 is 5.32 Å². The minimum absolute atomic E-state index is 0.132. The first kappa shape index (κ1) is 41.1. The number of methoxy groups -OCH3 is 1. The van der Waals surface area contributed by atoms with Crippen molar-refractivity contribution >= 4 is 12.3 Å². The number of esters is 1. The number of aldehydes is 1. The Bertz CT molecular complexity index is 1560. The van der Waals surface area contributed by atoms with Gasteiger partial charge in [0.05, 0.1) is 23.2 Å². The van der Waals surface area contributed by atoms with Crippen LogP contribution in [0.2, 0.25) is 0 Å². The van der Waals surface area contributed by atoms with E-state index in [4.69, 9.17) is 9.47 Å². The van der Waals surface area contributed by atoms with Crippen LogP contribution in [0.5, 0.6) is 0 Å². The van der Waals surface area contributed by atoms with Crippen molar-refractivity contribution in [3.05, 3.63) is 23.3 Å². The molecule has 1 heterocycles. The predicted octanol–water partition coefficient (Wildman–Crippen LogP) is 5.03. The Hall–Kier alpha value is -1.66. The van der Waals surface area contributed by atoms with Crippen LogP contribution in [0.15, 0.2) is 23.3 Å². The summed E-state index contributed by atoms with van der Waals surface area (Å²) in [5, 5.41) is 70.1. The molecule has 10 heteroatoms. The molecule has 0 bridgehead atoms. The second-order valence-electron chi connectivity index (χ2n) is 20.3. The minimum Gasteiger partial charge on any atom is -0.450 e. The Morgan fingerprint density at radius 2 is 1.77 bits per heavy atom. The van der Waals surface area contributed by atoms with Crippen LogP contribution in [0.3, 0.4) is 0 Å². The normalized spacial score (nSPS) is 48.7. The Labute approximate surface area is 334 Å². The Kier molecular flexibility index (Phi) is 11.1. The molecule has 0 unspecified atom stereocenters. The predicted molar refractivity (Wildman–Crippen MR) is 211 cm³/mol. The maximum atomic E-state index is 14.3. The van der Waals surface area contributed by atoms with Gasteiger partial charge in [-0.25, -0.2) is 4.79 Å². The maximum Gasteiger partial charge on any atom is 0.331 e. The first-order valence-corrected chi connectivity index (χ1v) is 22.6. The van der Waals surface area contributed by atoms with Crippen molar-refractivity contribution < 1.29 is 44.6 Å². The quantitative estimate of drug-likeness (QED) is 0.0647. The van der Waals surface area contributed by atoms with Crippen LogP contribution in [-0.4, -0.2) is 99.7 Å². The van der Waals surface area contributed by atoms with Gasteiger partial charge in [0.2, 0.25) is 0 Å². The van der Waals surface area contributed by atoms with Crippen LogP contribution in [0.4, 0.5) is 0 Å². The fourth-order valence-corrected chi connectivity index (χ4v) is 15.6. The highest BCUT2D eigenvalue weighted by molar-refractivity contribution is 5.87. The van der Waals surface area contributed by atoms with E-state index in [2.05, 4.69) is 25.2 Å². The number of carbonyl (C=O) groups is 2. The van der Waals surface area contributed by atoms with E-state index in [1.54, 1.807) is 13.2 Å². The highest BCUT2D eigenvalue weighted by Crippen LogP contribution is 2.76. The molecule has 0 radical (unpaired) electrons. The average molecular weight is 782 g/mol. The van der Waals surface area contributed by atoms with Gasteiger partial charge in [-0.15, -0.1) is 0 Å². The molecule has 0 aromatic heterocycles. The zero-order valence-corrected chi connectivity index (χ0v) is 34.5. The number of nitrogens with one attached hydrogen (secondary N) is 1. The second-order valence-corrected chi connectivity index (χ2v) is 20.3. The van der Waals surface area contributed by atoms with Gasteiger partial charge in [-0.3, -0.25) is 0 Å². The second kappa shape index (κ2) is 15.1. The number of allylic oxidation sites excluding steroid dienone is 1. The zero-order valence-electron chi connectivity index (χ0n) is 34.5. The van der Waals surface area contributed by atoms with Gasteiger partial charge in [-0.1, -0.05) is 71.8 Å². The fraction of sp³-hybridized carbons (Fsp3) is 0.870. The molecule has 56 heavy (non-hydrogen) atoms. The Morgan fingerprint density at radius 3 is 2.48 bits per heavy atom. The summed E-state index contributed by atoms with van der Waals surface area (Å²) in [5.41, 5.74) is -6.43. The van der Waals surface area contributed by atoms with E-state index >= 15 is 0 Å². The highest BCUT2D eigenvalue weighted by Gasteiger charge is 2.85. The van der Waals surface area contributed by atoms with Gasteiger partial charge < -0.3 is 45.1 Å². The number of hydrogen-bond donors (Lipinski definition) is 6. The third-order valence-corrected chi connectivity index (χ3v) is 18.2. The van der Waals surface area contributed by atoms with Crippen LogP contribution >= 0.6 is 0 Å². The minimum atomic E-state index is -2.13. The lowest BCUT2D eigenvalue weighted by Crippen LogP contribution is -2.85. The van der Waals surface area contributed by atoms with Crippen molar-refractivity contribution in [3.63, 3.8) is 0 Å². The van der Waals surface area contributed by atoms with E-state index in [1.807, 2.05) is 6.92 Å². The number of hydrogen-bond acceptors (Lipinski definition) is 10. The molecule has 6 N–H and O–H groups in total. The Balaban J connectivity index is 1.23. The van der Waals surface area contributed by atoms with Crippen molar-refractivity contribution in [1.29, 1.82) is 0 Å². The molecule has 314 valence electrons. The van der Waals surface area contributed by atoms with Crippen molar-refractivity contribution in [1.82, 2.24) is 5.32 Å². The van der Waals surface area contributed by atoms with Gasteiger partial charge in [0.25, 0.3) is 0 Å². The molecule has 1 aliphatic heterocycles. The van der Waals surface area contributed by atoms with Crippen LogP contribution in [-0.2, 0) is 19.1 Å². The van der Waals surface area contributed by atoms with Crippen LogP contribution in [0.25, 0.3) is 0 Å². The molecule has 6 fully saturated rings. The Morgan fingerprint density at radius 1 is 1.00 bits per heavy atom. The monoisotopic (exact) mass is 782 g/mol. The van der Waals surface area contributed by atoms with Crippen molar-refractivity contribution in [2.45, 2.75) is 159 Å². The largest absolute Gasteiger partial charge is 0.450 e. The van der Waals surface area contributed by atoms with Gasteiger partial charge in [-0.2, -0.15) is 0 Å². The maximum absolute atomic E-state index is 14.3. The molecular formula is C46H71NO9. The number of unbranched alkanes of at least 4 members (excludes halogenated alkanes) is 2. The molecule has 0 saturated heterocycles. The number of aliphatic hydroxyl groups excluding tert-OH is 2. The number of ether oxygens (including phenoxy) is 2.